The highest BCUT2D eigenvalue weighted by atomic mass is 32.2. The molecule has 2 fully saturated rings. The summed E-state index contributed by atoms with van der Waals surface area (Å²) in [7, 11) is 0. The van der Waals surface area contributed by atoms with Gasteiger partial charge in [-0.3, -0.25) is 9.59 Å². The molecule has 0 radical (unpaired) electrons. The van der Waals surface area contributed by atoms with E-state index < -0.39 is 0 Å². The number of aromatic nitrogens is 2. The van der Waals surface area contributed by atoms with E-state index in [2.05, 4.69) is 32.4 Å². The van der Waals surface area contributed by atoms with Gasteiger partial charge in [-0.1, -0.05) is 6.07 Å². The van der Waals surface area contributed by atoms with Gasteiger partial charge >= 0.3 is 0 Å². The van der Waals surface area contributed by atoms with Crippen LogP contribution in [0.4, 0.5) is 5.95 Å². The van der Waals surface area contributed by atoms with Crippen LogP contribution in [0.2, 0.25) is 0 Å². The van der Waals surface area contributed by atoms with Gasteiger partial charge in [0.1, 0.15) is 0 Å². The first-order valence-corrected chi connectivity index (χ1v) is 11.4. The van der Waals surface area contributed by atoms with E-state index in [1.165, 1.54) is 37.0 Å². The minimum atomic E-state index is -0.112. The molecule has 2 aromatic heterocycles. The number of hydrogen-bond acceptors (Lipinski definition) is 7. The second-order valence-electron chi connectivity index (χ2n) is 7.27. The summed E-state index contributed by atoms with van der Waals surface area (Å²) in [6.45, 7) is 1.94. The Labute approximate surface area is 173 Å². The first-order valence-electron chi connectivity index (χ1n) is 9.73. The normalized spacial score (nSPS) is 19.7. The highest BCUT2D eigenvalue weighted by Crippen LogP contribution is 2.31. The third-order valence-corrected chi connectivity index (χ3v) is 7.13. The lowest BCUT2D eigenvalue weighted by Gasteiger charge is -2.32. The average molecular weight is 414 g/mol. The molecule has 0 aliphatic carbocycles. The Morgan fingerprint density at radius 3 is 2.79 bits per heavy atom. The summed E-state index contributed by atoms with van der Waals surface area (Å²) in [6, 6.07) is 6.13. The molecule has 4 rings (SSSR count). The number of ketones is 1. The van der Waals surface area contributed by atoms with Crippen LogP contribution in [0.3, 0.4) is 0 Å². The maximum atomic E-state index is 11.8. The van der Waals surface area contributed by atoms with Crippen molar-refractivity contribution in [2.75, 3.05) is 18.0 Å². The summed E-state index contributed by atoms with van der Waals surface area (Å²) in [5.41, 5.74) is 0.689. The number of nitrogens with zero attached hydrogens (tertiary/aromatic N) is 3. The van der Waals surface area contributed by atoms with Crippen LogP contribution in [-0.4, -0.2) is 34.0 Å². The SMILES string of the molecule is O=C1CC(=O)/C(=C/c2ccnc(N3CCC(CCCc4cccs4)CC3)n2)S1. The molecule has 0 amide bonds. The van der Waals surface area contributed by atoms with Crippen molar-refractivity contribution in [3.8, 4) is 0 Å². The number of thioether (sulfide) groups is 1. The molecule has 0 aromatic carbocycles. The summed E-state index contributed by atoms with van der Waals surface area (Å²) in [5, 5.41) is 2.06. The van der Waals surface area contributed by atoms with E-state index >= 15 is 0 Å². The van der Waals surface area contributed by atoms with Gasteiger partial charge < -0.3 is 4.90 Å². The van der Waals surface area contributed by atoms with Gasteiger partial charge in [0.2, 0.25) is 11.1 Å². The zero-order valence-electron chi connectivity index (χ0n) is 15.7. The summed E-state index contributed by atoms with van der Waals surface area (Å²) < 4.78 is 0. The molecule has 2 aliphatic rings. The Balaban J connectivity index is 1.30. The fourth-order valence-corrected chi connectivity index (χ4v) is 5.28. The molecule has 4 heterocycles. The second-order valence-corrected chi connectivity index (χ2v) is 9.40. The first kappa shape index (κ1) is 19.3. The van der Waals surface area contributed by atoms with Crippen LogP contribution < -0.4 is 4.90 Å². The van der Waals surface area contributed by atoms with Gasteiger partial charge in [0.15, 0.2) is 5.78 Å². The summed E-state index contributed by atoms with van der Waals surface area (Å²) in [5.74, 6) is 1.38. The molecule has 5 nitrogen and oxygen atoms in total. The molecule has 0 atom stereocenters. The lowest BCUT2D eigenvalue weighted by molar-refractivity contribution is -0.119. The van der Waals surface area contributed by atoms with E-state index in [1.807, 2.05) is 11.3 Å². The third kappa shape index (κ3) is 4.89. The number of carbonyl (C=O) groups is 2. The van der Waals surface area contributed by atoms with Crippen molar-refractivity contribution in [1.82, 2.24) is 9.97 Å². The molecule has 2 aliphatic heterocycles. The molecular weight excluding hydrogens is 390 g/mol. The standard InChI is InChI=1S/C21H23N3O2S2/c25-18-14-20(26)28-19(18)13-16-6-9-22-21(23-16)24-10-7-15(8-11-24)3-1-4-17-5-2-12-27-17/h2,5-6,9,12-13,15H,1,3-4,7-8,10-11,14H2/b19-13-. The van der Waals surface area contributed by atoms with E-state index in [-0.39, 0.29) is 17.3 Å². The molecule has 7 heteroatoms. The van der Waals surface area contributed by atoms with Gasteiger partial charge in [0, 0.05) is 24.2 Å². The number of carbonyl (C=O) groups excluding carboxylic acids is 2. The summed E-state index contributed by atoms with van der Waals surface area (Å²) in [6.07, 6.45) is 9.50. The van der Waals surface area contributed by atoms with E-state index in [0.717, 1.165) is 30.8 Å². The Morgan fingerprint density at radius 2 is 2.07 bits per heavy atom. The van der Waals surface area contributed by atoms with Gasteiger partial charge in [-0.05, 0) is 73.4 Å². The number of anilines is 1. The molecule has 0 N–H and O–H groups in total. The van der Waals surface area contributed by atoms with Gasteiger partial charge in [-0.2, -0.15) is 0 Å². The maximum absolute atomic E-state index is 11.8. The molecule has 28 heavy (non-hydrogen) atoms. The number of rotatable bonds is 6. The van der Waals surface area contributed by atoms with Crippen LogP contribution in [0.25, 0.3) is 6.08 Å². The van der Waals surface area contributed by atoms with E-state index in [9.17, 15) is 9.59 Å². The van der Waals surface area contributed by atoms with Crippen molar-refractivity contribution in [3.05, 3.63) is 45.3 Å². The fraction of sp³-hybridized carbons (Fsp3) is 0.429. The zero-order valence-corrected chi connectivity index (χ0v) is 17.3. The topological polar surface area (TPSA) is 63.2 Å². The fourth-order valence-electron chi connectivity index (χ4n) is 3.71. The number of hydrogen-bond donors (Lipinski definition) is 0. The van der Waals surface area contributed by atoms with Gasteiger partial charge in [-0.15, -0.1) is 11.3 Å². The molecule has 0 spiro atoms. The van der Waals surface area contributed by atoms with Crippen LogP contribution in [-0.2, 0) is 16.0 Å². The quantitative estimate of drug-likeness (QED) is 0.518. The number of allylic oxidation sites excluding steroid dienone is 1. The molecular formula is C21H23N3O2S2. The monoisotopic (exact) mass is 413 g/mol. The Bertz CT molecular complexity index is 872. The summed E-state index contributed by atoms with van der Waals surface area (Å²) in [4.78, 5) is 36.4. The number of thiophene rings is 1. The molecule has 0 bridgehead atoms. The molecule has 146 valence electrons. The minimum Gasteiger partial charge on any atom is -0.341 e. The highest BCUT2D eigenvalue weighted by molar-refractivity contribution is 8.18. The maximum Gasteiger partial charge on any atom is 0.225 e. The molecule has 0 unspecified atom stereocenters. The Kier molecular flexibility index (Phi) is 6.22. The number of aryl methyl sites for hydroxylation is 1. The second kappa shape index (κ2) is 9.01. The average Bonchev–Trinajstić information content (AvgIpc) is 3.32. The highest BCUT2D eigenvalue weighted by Gasteiger charge is 2.26. The van der Waals surface area contributed by atoms with Crippen molar-refractivity contribution in [2.24, 2.45) is 5.92 Å². The largest absolute Gasteiger partial charge is 0.341 e. The zero-order chi connectivity index (χ0) is 19.3. The summed E-state index contributed by atoms with van der Waals surface area (Å²) >= 11 is 2.87. The first-order chi connectivity index (χ1) is 13.7. The predicted octanol–water partition coefficient (Wildman–Crippen LogP) is 4.35. The number of piperidine rings is 1. The van der Waals surface area contributed by atoms with Gasteiger partial charge in [0.25, 0.3) is 0 Å². The van der Waals surface area contributed by atoms with Gasteiger partial charge in [-0.25, -0.2) is 9.97 Å². The minimum absolute atomic E-state index is 0.00552. The van der Waals surface area contributed by atoms with E-state index in [1.54, 1.807) is 18.3 Å². The molecule has 2 aromatic rings. The third-order valence-electron chi connectivity index (χ3n) is 5.26. The lowest BCUT2D eigenvalue weighted by Crippen LogP contribution is -2.35. The lowest BCUT2D eigenvalue weighted by atomic mass is 9.91. The van der Waals surface area contributed by atoms with Crippen LogP contribution in [0.1, 0.15) is 42.7 Å². The van der Waals surface area contributed by atoms with Crippen molar-refractivity contribution in [2.45, 2.75) is 38.5 Å². The van der Waals surface area contributed by atoms with Crippen molar-refractivity contribution >= 4 is 46.0 Å². The van der Waals surface area contributed by atoms with Crippen LogP contribution in [0, 0.1) is 5.92 Å². The number of Topliss-reactive ketones (excluding diaryl/α,β-unsaturated/α-hetero) is 1. The van der Waals surface area contributed by atoms with Crippen molar-refractivity contribution < 1.29 is 9.59 Å². The van der Waals surface area contributed by atoms with Crippen LogP contribution in [0.15, 0.2) is 34.7 Å². The Morgan fingerprint density at radius 1 is 1.21 bits per heavy atom. The molecule has 0 saturated carbocycles. The van der Waals surface area contributed by atoms with Crippen LogP contribution >= 0.6 is 23.1 Å². The van der Waals surface area contributed by atoms with Crippen molar-refractivity contribution in [3.63, 3.8) is 0 Å². The van der Waals surface area contributed by atoms with Crippen LogP contribution in [0.5, 0.6) is 0 Å². The van der Waals surface area contributed by atoms with E-state index in [4.69, 9.17) is 0 Å². The predicted molar refractivity (Wildman–Crippen MR) is 114 cm³/mol. The molecule has 2 saturated heterocycles. The van der Waals surface area contributed by atoms with E-state index in [0.29, 0.717) is 16.5 Å². The Hall–Kier alpha value is -1.99. The smallest absolute Gasteiger partial charge is 0.225 e. The van der Waals surface area contributed by atoms with Crippen molar-refractivity contribution in [1.29, 1.82) is 0 Å². The van der Waals surface area contributed by atoms with Gasteiger partial charge in [0.05, 0.1) is 17.0 Å².